The van der Waals surface area contributed by atoms with Crippen LogP contribution in [0.5, 0.6) is 0 Å². The minimum Gasteiger partial charge on any atom is -0.326 e. The van der Waals surface area contributed by atoms with Gasteiger partial charge in [0.25, 0.3) is 5.56 Å². The second-order valence-electron chi connectivity index (χ2n) is 8.55. The van der Waals surface area contributed by atoms with E-state index in [4.69, 9.17) is 0 Å². The van der Waals surface area contributed by atoms with Gasteiger partial charge < -0.3 is 5.32 Å². The molecule has 0 radical (unpaired) electrons. The number of aromatic nitrogens is 3. The molecule has 0 atom stereocenters. The number of nitrogens with one attached hydrogen (secondary N) is 1. The largest absolute Gasteiger partial charge is 0.326 e. The summed E-state index contributed by atoms with van der Waals surface area (Å²) in [5.41, 5.74) is 1.01. The number of rotatable bonds is 6. The molecular formula is C24H23FN6O4S2. The van der Waals surface area contributed by atoms with Crippen LogP contribution in [0.15, 0.2) is 64.3 Å². The van der Waals surface area contributed by atoms with E-state index in [1.807, 2.05) is 4.90 Å². The van der Waals surface area contributed by atoms with Crippen molar-refractivity contribution in [2.75, 3.05) is 31.5 Å². The quantitative estimate of drug-likeness (QED) is 0.398. The molecule has 3 heterocycles. The number of nitrogens with zero attached hydrogens (tertiary/aromatic N) is 5. The molecule has 0 spiro atoms. The molecule has 1 amide bonds. The molecule has 5 rings (SSSR count). The molecular weight excluding hydrogens is 519 g/mol. The number of halogens is 1. The van der Waals surface area contributed by atoms with Crippen LogP contribution in [-0.4, -0.2) is 64.3 Å². The van der Waals surface area contributed by atoms with Crippen molar-refractivity contribution in [3.8, 4) is 10.6 Å². The van der Waals surface area contributed by atoms with Crippen LogP contribution >= 0.6 is 11.3 Å². The Morgan fingerprint density at radius 3 is 2.46 bits per heavy atom. The Labute approximate surface area is 216 Å². The van der Waals surface area contributed by atoms with Crippen LogP contribution in [0.1, 0.15) is 12.6 Å². The molecule has 0 saturated carbocycles. The summed E-state index contributed by atoms with van der Waals surface area (Å²) in [5.74, 6) is -0.657. The van der Waals surface area contributed by atoms with Gasteiger partial charge in [0, 0.05) is 57.0 Å². The highest BCUT2D eigenvalue weighted by molar-refractivity contribution is 7.89. The zero-order chi connectivity index (χ0) is 26.2. The zero-order valence-electron chi connectivity index (χ0n) is 19.8. The number of anilines is 1. The second kappa shape index (κ2) is 10.1. The lowest BCUT2D eigenvalue weighted by Crippen LogP contribution is -2.48. The molecule has 2 aromatic carbocycles. The van der Waals surface area contributed by atoms with Gasteiger partial charge in [-0.2, -0.15) is 13.9 Å². The van der Waals surface area contributed by atoms with Crippen molar-refractivity contribution in [3.63, 3.8) is 0 Å². The first kappa shape index (κ1) is 25.1. The predicted molar refractivity (Wildman–Crippen MR) is 137 cm³/mol. The maximum Gasteiger partial charge on any atom is 0.275 e. The van der Waals surface area contributed by atoms with Crippen molar-refractivity contribution < 1.29 is 17.6 Å². The molecule has 2 aromatic heterocycles. The summed E-state index contributed by atoms with van der Waals surface area (Å²) < 4.78 is 42.9. The van der Waals surface area contributed by atoms with Crippen LogP contribution in [0.4, 0.5) is 10.1 Å². The highest BCUT2D eigenvalue weighted by atomic mass is 32.2. The van der Waals surface area contributed by atoms with Crippen LogP contribution in [-0.2, 0) is 21.4 Å². The summed E-state index contributed by atoms with van der Waals surface area (Å²) in [6, 6.07) is 13.7. The lowest BCUT2D eigenvalue weighted by molar-refractivity contribution is -0.114. The maximum atomic E-state index is 14.2. The standard InChI is InChI=1S/C24H23FN6O4S2/c1-16(32)26-17-6-8-19(9-7-17)37(34,35)30-12-10-29(11-13-30)15-18-14-22(33)31-24(27-18)36-23(28-31)20-4-2-3-5-21(20)25/h2-9,14H,10-13,15H2,1H3,(H,26,32). The van der Waals surface area contributed by atoms with E-state index < -0.39 is 15.8 Å². The Hall–Kier alpha value is -3.52. The van der Waals surface area contributed by atoms with E-state index >= 15 is 0 Å². The molecule has 4 aromatic rings. The Morgan fingerprint density at radius 2 is 1.78 bits per heavy atom. The third kappa shape index (κ3) is 5.30. The number of hydrogen-bond acceptors (Lipinski definition) is 8. The maximum absolute atomic E-state index is 14.2. The first-order valence-electron chi connectivity index (χ1n) is 11.5. The van der Waals surface area contributed by atoms with Crippen molar-refractivity contribution in [1.29, 1.82) is 0 Å². The summed E-state index contributed by atoms with van der Waals surface area (Å²) in [5, 5.41) is 7.21. The van der Waals surface area contributed by atoms with Gasteiger partial charge in [-0.15, -0.1) is 0 Å². The van der Waals surface area contributed by atoms with Crippen molar-refractivity contribution in [2.24, 2.45) is 0 Å². The van der Waals surface area contributed by atoms with Gasteiger partial charge in [0.1, 0.15) is 5.82 Å². The zero-order valence-corrected chi connectivity index (χ0v) is 21.4. The van der Waals surface area contributed by atoms with E-state index in [0.717, 1.165) is 15.9 Å². The first-order chi connectivity index (χ1) is 17.7. The molecule has 1 saturated heterocycles. The van der Waals surface area contributed by atoms with E-state index in [9.17, 15) is 22.4 Å². The molecule has 10 nitrogen and oxygen atoms in total. The summed E-state index contributed by atoms with van der Waals surface area (Å²) in [4.78, 5) is 30.9. The fourth-order valence-corrected chi connectivity index (χ4v) is 6.47. The molecule has 1 aliphatic heterocycles. The lowest BCUT2D eigenvalue weighted by atomic mass is 10.2. The molecule has 1 fully saturated rings. The Bertz CT molecular complexity index is 1630. The molecule has 1 N–H and O–H groups in total. The van der Waals surface area contributed by atoms with Crippen molar-refractivity contribution >= 4 is 37.9 Å². The Kier molecular flexibility index (Phi) is 6.86. The number of hydrogen-bond donors (Lipinski definition) is 1. The highest BCUT2D eigenvalue weighted by Crippen LogP contribution is 2.27. The molecule has 0 unspecified atom stereocenters. The summed E-state index contributed by atoms with van der Waals surface area (Å²) in [7, 11) is -3.68. The summed E-state index contributed by atoms with van der Waals surface area (Å²) in [6.07, 6.45) is 0. The number of piperazine rings is 1. The van der Waals surface area contributed by atoms with Crippen LogP contribution in [0.3, 0.4) is 0 Å². The summed E-state index contributed by atoms with van der Waals surface area (Å²) in [6.45, 7) is 3.26. The summed E-state index contributed by atoms with van der Waals surface area (Å²) >= 11 is 1.13. The number of amides is 1. The van der Waals surface area contributed by atoms with E-state index in [2.05, 4.69) is 15.4 Å². The average molecular weight is 543 g/mol. The van der Waals surface area contributed by atoms with Gasteiger partial charge in [-0.05, 0) is 36.4 Å². The van der Waals surface area contributed by atoms with E-state index in [1.54, 1.807) is 30.3 Å². The fraction of sp³-hybridized carbons (Fsp3) is 0.250. The van der Waals surface area contributed by atoms with E-state index in [-0.39, 0.29) is 29.5 Å². The first-order valence-corrected chi connectivity index (χ1v) is 13.7. The normalized spacial score (nSPS) is 15.2. The van der Waals surface area contributed by atoms with Crippen LogP contribution in [0.2, 0.25) is 0 Å². The van der Waals surface area contributed by atoms with E-state index in [1.165, 1.54) is 35.5 Å². The lowest BCUT2D eigenvalue weighted by Gasteiger charge is -2.33. The van der Waals surface area contributed by atoms with Gasteiger partial charge >= 0.3 is 0 Å². The average Bonchev–Trinajstić information content (AvgIpc) is 3.29. The van der Waals surface area contributed by atoms with Crippen LogP contribution in [0, 0.1) is 5.82 Å². The smallest absolute Gasteiger partial charge is 0.275 e. The van der Waals surface area contributed by atoms with Gasteiger partial charge in [0.2, 0.25) is 20.9 Å². The minimum absolute atomic E-state index is 0.158. The van der Waals surface area contributed by atoms with Crippen LogP contribution in [0.25, 0.3) is 15.5 Å². The van der Waals surface area contributed by atoms with Crippen molar-refractivity contribution in [1.82, 2.24) is 23.8 Å². The van der Waals surface area contributed by atoms with Crippen molar-refractivity contribution in [3.05, 3.63) is 76.5 Å². The van der Waals surface area contributed by atoms with Gasteiger partial charge in [-0.1, -0.05) is 23.5 Å². The Morgan fingerprint density at radius 1 is 1.08 bits per heavy atom. The molecule has 13 heteroatoms. The Balaban J connectivity index is 1.26. The molecule has 0 bridgehead atoms. The highest BCUT2D eigenvalue weighted by Gasteiger charge is 2.28. The van der Waals surface area contributed by atoms with Gasteiger partial charge in [-0.3, -0.25) is 14.5 Å². The van der Waals surface area contributed by atoms with Crippen molar-refractivity contribution in [2.45, 2.75) is 18.4 Å². The predicted octanol–water partition coefficient (Wildman–Crippen LogP) is 2.42. The number of carbonyl (C=O) groups excluding carboxylic acids is 1. The number of sulfonamides is 1. The monoisotopic (exact) mass is 542 g/mol. The minimum atomic E-state index is -3.68. The number of carbonyl (C=O) groups is 1. The topological polar surface area (TPSA) is 117 Å². The van der Waals surface area contributed by atoms with Gasteiger partial charge in [-0.25, -0.2) is 17.8 Å². The fourth-order valence-electron chi connectivity index (χ4n) is 4.10. The van der Waals surface area contributed by atoms with Crippen LogP contribution < -0.4 is 10.9 Å². The second-order valence-corrected chi connectivity index (χ2v) is 11.4. The van der Waals surface area contributed by atoms with E-state index in [0.29, 0.717) is 46.5 Å². The molecule has 1 aliphatic rings. The molecule has 0 aliphatic carbocycles. The number of fused-ring (bicyclic) bond motifs is 1. The van der Waals surface area contributed by atoms with Gasteiger partial charge in [0.05, 0.1) is 10.6 Å². The molecule has 37 heavy (non-hydrogen) atoms. The third-order valence-electron chi connectivity index (χ3n) is 5.93. The third-order valence-corrected chi connectivity index (χ3v) is 8.79. The number of benzene rings is 2. The molecule has 192 valence electrons. The van der Waals surface area contributed by atoms with Gasteiger partial charge in [0.15, 0.2) is 5.01 Å². The SMILES string of the molecule is CC(=O)Nc1ccc(S(=O)(=O)N2CCN(Cc3cc(=O)n4nc(-c5ccccc5F)sc4n3)CC2)cc1.